The second-order valence-corrected chi connectivity index (χ2v) is 10.5. The van der Waals surface area contributed by atoms with E-state index in [1.165, 1.54) is 0 Å². The predicted molar refractivity (Wildman–Crippen MR) is 122 cm³/mol. The molecule has 2 aromatic rings. The first kappa shape index (κ1) is 23.8. The van der Waals surface area contributed by atoms with Crippen LogP contribution in [0, 0.1) is 9.49 Å². The van der Waals surface area contributed by atoms with Crippen LogP contribution < -0.4 is 0 Å². The maximum Gasteiger partial charge on any atom is 0.313 e. The van der Waals surface area contributed by atoms with E-state index in [9.17, 15) is 18.3 Å². The third kappa shape index (κ3) is 7.38. The van der Waals surface area contributed by atoms with Crippen molar-refractivity contribution in [3.8, 4) is 0 Å². The number of halogens is 1. The van der Waals surface area contributed by atoms with E-state index in [0.29, 0.717) is 24.8 Å². The molecule has 0 bridgehead atoms. The van der Waals surface area contributed by atoms with Crippen LogP contribution >= 0.6 is 22.6 Å². The van der Waals surface area contributed by atoms with Crippen molar-refractivity contribution in [2.24, 2.45) is 5.92 Å². The van der Waals surface area contributed by atoms with Crippen molar-refractivity contribution in [1.29, 1.82) is 0 Å². The van der Waals surface area contributed by atoms with Crippen LogP contribution in [0.1, 0.15) is 44.2 Å². The molecule has 0 amide bonds. The van der Waals surface area contributed by atoms with Crippen molar-refractivity contribution in [2.75, 3.05) is 6.61 Å². The summed E-state index contributed by atoms with van der Waals surface area (Å²) in [5, 5.41) is 9.81. The fourth-order valence-corrected chi connectivity index (χ4v) is 4.66. The van der Waals surface area contributed by atoms with E-state index in [2.05, 4.69) is 22.6 Å². The summed E-state index contributed by atoms with van der Waals surface area (Å²) in [4.78, 5) is 12.0. The Bertz CT molecular complexity index is 914. The Morgan fingerprint density at radius 3 is 2.45 bits per heavy atom. The molecular formula is C22H27IO5S. The summed E-state index contributed by atoms with van der Waals surface area (Å²) in [6.07, 6.45) is 1.69. The summed E-state index contributed by atoms with van der Waals surface area (Å²) in [5.74, 6) is -0.858. The van der Waals surface area contributed by atoms with Gasteiger partial charge >= 0.3 is 5.97 Å². The van der Waals surface area contributed by atoms with Crippen molar-refractivity contribution in [1.82, 2.24) is 0 Å². The van der Waals surface area contributed by atoms with Crippen molar-refractivity contribution in [2.45, 2.75) is 44.3 Å². The van der Waals surface area contributed by atoms with Gasteiger partial charge in [-0.3, -0.25) is 8.98 Å². The fraction of sp³-hybridized carbons (Fsp3) is 0.409. The minimum atomic E-state index is -3.63. The number of benzene rings is 2. The molecule has 158 valence electrons. The van der Waals surface area contributed by atoms with Crippen LogP contribution in [0.4, 0.5) is 0 Å². The Labute approximate surface area is 186 Å². The minimum Gasteiger partial charge on any atom is -0.481 e. The average molecular weight is 530 g/mol. The van der Waals surface area contributed by atoms with Gasteiger partial charge in [-0.05, 0) is 78.0 Å². The Hall–Kier alpha value is -1.45. The highest BCUT2D eigenvalue weighted by molar-refractivity contribution is 14.1. The van der Waals surface area contributed by atoms with Gasteiger partial charge in [0.25, 0.3) is 10.1 Å². The molecular weight excluding hydrogens is 503 g/mol. The van der Waals surface area contributed by atoms with E-state index < -0.39 is 21.5 Å². The average Bonchev–Trinajstić information content (AvgIpc) is 2.66. The van der Waals surface area contributed by atoms with E-state index in [-0.39, 0.29) is 18.3 Å². The molecule has 0 aliphatic carbocycles. The molecule has 0 radical (unpaired) electrons. The van der Waals surface area contributed by atoms with Crippen molar-refractivity contribution >= 4 is 38.7 Å². The quantitative estimate of drug-likeness (QED) is 0.327. The predicted octanol–water partition coefficient (Wildman–Crippen LogP) is 4.99. The molecule has 0 aromatic heterocycles. The van der Waals surface area contributed by atoms with E-state index in [1.807, 2.05) is 37.3 Å². The maximum atomic E-state index is 12.1. The Kier molecular flexibility index (Phi) is 8.66. The molecule has 1 N–H and O–H groups in total. The first-order valence-electron chi connectivity index (χ1n) is 9.53. The van der Waals surface area contributed by atoms with Gasteiger partial charge in [0.05, 0.1) is 12.0 Å². The number of aliphatic carboxylic acids is 1. The number of rotatable bonds is 11. The zero-order valence-corrected chi connectivity index (χ0v) is 19.6. The van der Waals surface area contributed by atoms with Gasteiger partial charge in [0, 0.05) is 3.57 Å². The number of hydrogen-bond acceptors (Lipinski definition) is 4. The van der Waals surface area contributed by atoms with Crippen LogP contribution in [0.15, 0.2) is 54.6 Å². The monoisotopic (exact) mass is 530 g/mol. The number of carbonyl (C=O) groups is 1. The molecule has 5 nitrogen and oxygen atoms in total. The molecule has 0 fully saturated rings. The molecule has 0 saturated carbocycles. The van der Waals surface area contributed by atoms with E-state index in [4.69, 9.17) is 4.18 Å². The Morgan fingerprint density at radius 2 is 1.83 bits per heavy atom. The highest BCUT2D eigenvalue weighted by Gasteiger charge is 2.35. The normalized spacial score (nSPS) is 14.9. The van der Waals surface area contributed by atoms with Gasteiger partial charge in [-0.1, -0.05) is 49.4 Å². The lowest BCUT2D eigenvalue weighted by Crippen LogP contribution is -2.33. The molecule has 2 unspecified atom stereocenters. The van der Waals surface area contributed by atoms with Crippen molar-refractivity contribution < 1.29 is 22.5 Å². The molecule has 0 aliphatic rings. The van der Waals surface area contributed by atoms with Gasteiger partial charge in [0.2, 0.25) is 0 Å². The molecule has 0 heterocycles. The SMILES string of the molecule is CC(CCOS(=O)(=O)Cc1ccccc1)CCC(C)(C(=O)O)c1cccc(I)c1. The minimum absolute atomic E-state index is 0.101. The van der Waals surface area contributed by atoms with Crippen LogP contribution in [-0.2, 0) is 30.3 Å². The number of carboxylic acids is 1. The van der Waals surface area contributed by atoms with Gasteiger partial charge in [0.1, 0.15) is 5.75 Å². The third-order valence-electron chi connectivity index (χ3n) is 5.13. The van der Waals surface area contributed by atoms with Gasteiger partial charge < -0.3 is 5.11 Å². The van der Waals surface area contributed by atoms with E-state index in [0.717, 1.165) is 9.13 Å². The first-order chi connectivity index (χ1) is 13.6. The van der Waals surface area contributed by atoms with Crippen molar-refractivity contribution in [3.05, 3.63) is 69.3 Å². The fourth-order valence-electron chi connectivity index (χ4n) is 3.08. The highest BCUT2D eigenvalue weighted by atomic mass is 127. The zero-order valence-electron chi connectivity index (χ0n) is 16.7. The standard InChI is InChI=1S/C22H27IO5S/c1-17(12-14-28-29(26,27)16-18-7-4-3-5-8-18)11-13-22(2,21(24)25)19-9-6-10-20(23)15-19/h3-10,15,17H,11-14,16H2,1-2H3,(H,24,25). The van der Waals surface area contributed by atoms with Gasteiger partial charge in [-0.15, -0.1) is 0 Å². The summed E-state index contributed by atoms with van der Waals surface area (Å²) < 4.78 is 30.3. The van der Waals surface area contributed by atoms with Crippen LogP contribution in [0.25, 0.3) is 0 Å². The zero-order chi connectivity index (χ0) is 21.5. The Morgan fingerprint density at radius 1 is 1.14 bits per heavy atom. The Balaban J connectivity index is 1.86. The molecule has 0 spiro atoms. The first-order valence-corrected chi connectivity index (χ1v) is 12.2. The smallest absolute Gasteiger partial charge is 0.313 e. The molecule has 0 aliphatic heterocycles. The van der Waals surface area contributed by atoms with Crippen molar-refractivity contribution in [3.63, 3.8) is 0 Å². The summed E-state index contributed by atoms with van der Waals surface area (Å²) in [7, 11) is -3.63. The van der Waals surface area contributed by atoms with E-state index >= 15 is 0 Å². The lowest BCUT2D eigenvalue weighted by molar-refractivity contribution is -0.143. The second kappa shape index (κ2) is 10.5. The summed E-state index contributed by atoms with van der Waals surface area (Å²) in [6.45, 7) is 3.84. The van der Waals surface area contributed by atoms with E-state index in [1.54, 1.807) is 31.2 Å². The lowest BCUT2D eigenvalue weighted by atomic mass is 9.77. The number of carboxylic acid groups (broad SMARTS) is 1. The van der Waals surface area contributed by atoms with Crippen LogP contribution in [0.2, 0.25) is 0 Å². The molecule has 2 aromatic carbocycles. The molecule has 0 saturated heterocycles. The highest BCUT2D eigenvalue weighted by Crippen LogP contribution is 2.32. The topological polar surface area (TPSA) is 80.7 Å². The van der Waals surface area contributed by atoms with Crippen LogP contribution in [0.3, 0.4) is 0 Å². The van der Waals surface area contributed by atoms with Crippen LogP contribution in [0.5, 0.6) is 0 Å². The van der Waals surface area contributed by atoms with Gasteiger partial charge in [-0.25, -0.2) is 0 Å². The van der Waals surface area contributed by atoms with Gasteiger partial charge in [0.15, 0.2) is 0 Å². The van der Waals surface area contributed by atoms with Gasteiger partial charge in [-0.2, -0.15) is 8.42 Å². The largest absolute Gasteiger partial charge is 0.481 e. The summed E-state index contributed by atoms with van der Waals surface area (Å²) in [6, 6.07) is 16.5. The lowest BCUT2D eigenvalue weighted by Gasteiger charge is -2.27. The molecule has 2 atom stereocenters. The maximum absolute atomic E-state index is 12.1. The summed E-state index contributed by atoms with van der Waals surface area (Å²) >= 11 is 2.18. The van der Waals surface area contributed by atoms with Crippen LogP contribution in [-0.4, -0.2) is 26.1 Å². The summed E-state index contributed by atoms with van der Waals surface area (Å²) in [5.41, 5.74) is 0.497. The number of hydrogen-bond donors (Lipinski definition) is 1. The molecule has 2 rings (SSSR count). The second-order valence-electron chi connectivity index (χ2n) is 7.59. The third-order valence-corrected chi connectivity index (χ3v) is 7.01. The molecule has 29 heavy (non-hydrogen) atoms. The molecule has 7 heteroatoms.